The van der Waals surface area contributed by atoms with Gasteiger partial charge in [0.2, 0.25) is 10.1 Å². The third-order valence-electron chi connectivity index (χ3n) is 3.04. The summed E-state index contributed by atoms with van der Waals surface area (Å²) in [5, 5.41) is 20.3. The van der Waals surface area contributed by atoms with Crippen molar-refractivity contribution in [1.82, 2.24) is 19.6 Å². The molecule has 0 aliphatic carbocycles. The van der Waals surface area contributed by atoms with Gasteiger partial charge in [-0.15, -0.1) is 10.2 Å². The first kappa shape index (κ1) is 13.2. The molecule has 3 heterocycles. The molecule has 0 saturated carbocycles. The van der Waals surface area contributed by atoms with Gasteiger partial charge in [-0.05, 0) is 30.0 Å². The highest BCUT2D eigenvalue weighted by Gasteiger charge is 2.14. The van der Waals surface area contributed by atoms with Crippen molar-refractivity contribution >= 4 is 44.0 Å². The zero-order valence-corrected chi connectivity index (χ0v) is 12.5. The van der Waals surface area contributed by atoms with E-state index in [0.29, 0.717) is 10.2 Å². The highest BCUT2D eigenvalue weighted by Crippen LogP contribution is 2.32. The molecule has 0 radical (unpaired) electrons. The van der Waals surface area contributed by atoms with E-state index in [4.69, 9.17) is 0 Å². The number of hydrogen-bond acceptors (Lipinski definition) is 7. The van der Waals surface area contributed by atoms with Gasteiger partial charge in [0, 0.05) is 6.07 Å². The van der Waals surface area contributed by atoms with Crippen LogP contribution in [0.2, 0.25) is 0 Å². The molecule has 0 bridgehead atoms. The molecule has 0 N–H and O–H groups in total. The normalized spacial score (nSPS) is 11.3. The number of nitrogens with zero attached hydrogens (tertiary/aromatic N) is 5. The molecule has 0 saturated heterocycles. The fourth-order valence-corrected chi connectivity index (χ4v) is 3.86. The van der Waals surface area contributed by atoms with Crippen molar-refractivity contribution < 1.29 is 4.92 Å². The Morgan fingerprint density at radius 1 is 1.18 bits per heavy atom. The second-order valence-electron chi connectivity index (χ2n) is 4.38. The summed E-state index contributed by atoms with van der Waals surface area (Å²) in [5.74, 6) is 0. The van der Waals surface area contributed by atoms with Crippen molar-refractivity contribution in [3.05, 3.63) is 52.7 Å². The van der Waals surface area contributed by atoms with Gasteiger partial charge < -0.3 is 0 Å². The van der Waals surface area contributed by atoms with Gasteiger partial charge in [-0.1, -0.05) is 23.5 Å². The molecule has 22 heavy (non-hydrogen) atoms. The molecule has 108 valence electrons. The summed E-state index contributed by atoms with van der Waals surface area (Å²) in [5.41, 5.74) is 1.01. The molecule has 4 aromatic rings. The Kier molecular flexibility index (Phi) is 3.01. The maximum atomic E-state index is 10.6. The number of aromatic nitrogens is 4. The number of rotatable bonds is 3. The van der Waals surface area contributed by atoms with Gasteiger partial charge in [0.1, 0.15) is 11.2 Å². The molecule has 4 rings (SSSR count). The topological polar surface area (TPSA) is 86.2 Å². The smallest absolute Gasteiger partial charge is 0.260 e. The number of thiazole rings is 1. The summed E-state index contributed by atoms with van der Waals surface area (Å²) in [6.45, 7) is 0. The molecule has 0 aliphatic heterocycles. The van der Waals surface area contributed by atoms with E-state index < -0.39 is 4.92 Å². The van der Waals surface area contributed by atoms with E-state index in [-0.39, 0.29) is 5.69 Å². The molecule has 0 amide bonds. The molecule has 0 aliphatic rings. The van der Waals surface area contributed by atoms with Crippen LogP contribution < -0.4 is 0 Å². The monoisotopic (exact) mass is 329 g/mol. The first-order valence-corrected chi connectivity index (χ1v) is 7.86. The highest BCUT2D eigenvalue weighted by atomic mass is 32.2. The lowest BCUT2D eigenvalue weighted by atomic mass is 10.3. The van der Waals surface area contributed by atoms with Crippen LogP contribution >= 0.6 is 23.1 Å². The highest BCUT2D eigenvalue weighted by molar-refractivity contribution is 7.99. The van der Waals surface area contributed by atoms with Crippen molar-refractivity contribution in [2.45, 2.75) is 10.2 Å². The van der Waals surface area contributed by atoms with E-state index in [1.165, 1.54) is 24.0 Å². The first-order valence-electron chi connectivity index (χ1n) is 6.23. The van der Waals surface area contributed by atoms with Crippen LogP contribution in [-0.4, -0.2) is 24.5 Å². The predicted octanol–water partition coefficient (Wildman–Crippen LogP) is 3.40. The Morgan fingerprint density at radius 2 is 2.05 bits per heavy atom. The second-order valence-corrected chi connectivity index (χ2v) is 6.38. The molecular weight excluding hydrogens is 322 g/mol. The average molecular weight is 329 g/mol. The van der Waals surface area contributed by atoms with Crippen molar-refractivity contribution in [2.75, 3.05) is 0 Å². The largest absolute Gasteiger partial charge is 0.287 e. The SMILES string of the molecule is O=[N+]([O-])c1ccc(Sc2nnc3sc4ccccc4n23)nc1. The number of nitro groups is 1. The standard InChI is InChI=1S/C13H7N5O2S2/c19-18(20)8-5-6-11(14-7-8)22-13-16-15-12-17(13)9-3-1-2-4-10(9)21-12/h1-7H. The van der Waals surface area contributed by atoms with Gasteiger partial charge in [-0.2, -0.15) is 0 Å². The molecule has 7 nitrogen and oxygen atoms in total. The number of benzene rings is 1. The first-order chi connectivity index (χ1) is 10.7. The van der Waals surface area contributed by atoms with Gasteiger partial charge in [0.15, 0.2) is 0 Å². The van der Waals surface area contributed by atoms with E-state index in [1.54, 1.807) is 17.4 Å². The maximum Gasteiger partial charge on any atom is 0.287 e. The zero-order valence-electron chi connectivity index (χ0n) is 10.9. The van der Waals surface area contributed by atoms with Crippen molar-refractivity contribution in [1.29, 1.82) is 0 Å². The molecule has 1 aromatic carbocycles. The van der Waals surface area contributed by atoms with E-state index in [9.17, 15) is 10.1 Å². The van der Waals surface area contributed by atoms with Crippen LogP contribution in [0, 0.1) is 10.1 Å². The van der Waals surface area contributed by atoms with Crippen LogP contribution in [0.25, 0.3) is 15.2 Å². The van der Waals surface area contributed by atoms with Crippen LogP contribution in [0.5, 0.6) is 0 Å². The molecule has 0 atom stereocenters. The fraction of sp³-hybridized carbons (Fsp3) is 0. The Balaban J connectivity index is 1.76. The average Bonchev–Trinajstić information content (AvgIpc) is 3.08. The van der Waals surface area contributed by atoms with E-state index in [2.05, 4.69) is 15.2 Å². The number of fused-ring (bicyclic) bond motifs is 3. The van der Waals surface area contributed by atoms with Crippen LogP contribution in [0.15, 0.2) is 52.8 Å². The molecular formula is C13H7N5O2S2. The van der Waals surface area contributed by atoms with Crippen LogP contribution in [0.4, 0.5) is 5.69 Å². The van der Waals surface area contributed by atoms with Gasteiger partial charge >= 0.3 is 0 Å². The molecule has 3 aromatic heterocycles. The summed E-state index contributed by atoms with van der Waals surface area (Å²) in [6, 6.07) is 11.0. The zero-order chi connectivity index (χ0) is 15.1. The van der Waals surface area contributed by atoms with Crippen molar-refractivity contribution in [3.8, 4) is 0 Å². The third kappa shape index (κ3) is 2.11. The predicted molar refractivity (Wildman–Crippen MR) is 83.4 cm³/mol. The Labute approximate surface area is 131 Å². The quantitative estimate of drug-likeness (QED) is 0.423. The van der Waals surface area contributed by atoms with Crippen molar-refractivity contribution in [2.24, 2.45) is 0 Å². The number of pyridine rings is 1. The van der Waals surface area contributed by atoms with E-state index >= 15 is 0 Å². The van der Waals surface area contributed by atoms with Gasteiger partial charge in [-0.25, -0.2) is 4.98 Å². The van der Waals surface area contributed by atoms with E-state index in [1.807, 2.05) is 28.7 Å². The lowest BCUT2D eigenvalue weighted by Crippen LogP contribution is -1.90. The Hall–Kier alpha value is -2.52. The molecule has 9 heteroatoms. The van der Waals surface area contributed by atoms with Gasteiger partial charge in [0.05, 0.1) is 15.1 Å². The van der Waals surface area contributed by atoms with E-state index in [0.717, 1.165) is 15.2 Å². The summed E-state index contributed by atoms with van der Waals surface area (Å²) in [7, 11) is 0. The Bertz CT molecular complexity index is 993. The molecule has 0 unspecified atom stereocenters. The van der Waals surface area contributed by atoms with Crippen LogP contribution in [-0.2, 0) is 0 Å². The summed E-state index contributed by atoms with van der Waals surface area (Å²) in [6.07, 6.45) is 1.24. The fourth-order valence-electron chi connectivity index (χ4n) is 2.06. The molecule has 0 spiro atoms. The minimum atomic E-state index is -0.469. The Morgan fingerprint density at radius 3 is 2.82 bits per heavy atom. The van der Waals surface area contributed by atoms with Crippen LogP contribution in [0.1, 0.15) is 0 Å². The minimum absolute atomic E-state index is 0.0308. The summed E-state index contributed by atoms with van der Waals surface area (Å²) < 4.78 is 3.10. The van der Waals surface area contributed by atoms with Gasteiger partial charge in [0.25, 0.3) is 5.69 Å². The summed E-state index contributed by atoms with van der Waals surface area (Å²) >= 11 is 2.89. The minimum Gasteiger partial charge on any atom is -0.260 e. The number of para-hydroxylation sites is 1. The van der Waals surface area contributed by atoms with Gasteiger partial charge in [-0.3, -0.25) is 14.5 Å². The van der Waals surface area contributed by atoms with Crippen molar-refractivity contribution in [3.63, 3.8) is 0 Å². The van der Waals surface area contributed by atoms with Crippen LogP contribution in [0.3, 0.4) is 0 Å². The number of hydrogen-bond donors (Lipinski definition) is 0. The maximum absolute atomic E-state index is 10.6. The molecule has 0 fully saturated rings. The second kappa shape index (κ2) is 5.04. The summed E-state index contributed by atoms with van der Waals surface area (Å²) in [4.78, 5) is 15.1. The lowest BCUT2D eigenvalue weighted by molar-refractivity contribution is -0.385. The lowest BCUT2D eigenvalue weighted by Gasteiger charge is -1.98. The third-order valence-corrected chi connectivity index (χ3v) is 4.95.